The molecule has 4 aromatic carbocycles. The van der Waals surface area contributed by atoms with Gasteiger partial charge in [-0.2, -0.15) is 0 Å². The van der Waals surface area contributed by atoms with E-state index >= 15 is 0 Å². The van der Waals surface area contributed by atoms with E-state index in [1.54, 1.807) is 12.1 Å². The van der Waals surface area contributed by atoms with Gasteiger partial charge in [0.15, 0.2) is 0 Å². The van der Waals surface area contributed by atoms with Crippen LogP contribution in [0.2, 0.25) is 0 Å². The summed E-state index contributed by atoms with van der Waals surface area (Å²) < 4.78 is 19.8. The van der Waals surface area contributed by atoms with E-state index in [9.17, 15) is 14.5 Å². The molecule has 0 radical (unpaired) electrons. The molecule has 6 heteroatoms. The predicted octanol–water partition coefficient (Wildman–Crippen LogP) is 4.10. The van der Waals surface area contributed by atoms with Crippen molar-refractivity contribution in [2.75, 3.05) is 0 Å². The summed E-state index contributed by atoms with van der Waals surface area (Å²) in [6, 6.07) is 33.4. The molecule has 4 rings (SSSR count). The molecule has 0 spiro atoms. The van der Waals surface area contributed by atoms with Crippen molar-refractivity contribution < 1.29 is 14.1 Å². The van der Waals surface area contributed by atoms with E-state index in [-0.39, 0.29) is 0 Å². The Balaban J connectivity index is 2.30. The zero-order chi connectivity index (χ0) is 21.1. The van der Waals surface area contributed by atoms with Crippen LogP contribution in [0.15, 0.2) is 115 Å². The monoisotopic (exact) mass is 419 g/mol. The van der Waals surface area contributed by atoms with E-state index in [1.807, 2.05) is 91.0 Å². The van der Waals surface area contributed by atoms with Crippen LogP contribution in [0.4, 0.5) is 4.39 Å². The summed E-state index contributed by atoms with van der Waals surface area (Å²) in [5, 5.41) is 13.9. The van der Waals surface area contributed by atoms with Crippen molar-refractivity contribution in [3.63, 3.8) is 0 Å². The third-order valence-electron chi connectivity index (χ3n) is 5.30. The van der Waals surface area contributed by atoms with Crippen LogP contribution in [0.5, 0.6) is 0 Å². The van der Waals surface area contributed by atoms with Gasteiger partial charge in [0.25, 0.3) is 0 Å². The van der Waals surface area contributed by atoms with Crippen LogP contribution in [0, 0.1) is 15.9 Å². The fourth-order valence-corrected chi connectivity index (χ4v) is 9.45. The van der Waals surface area contributed by atoms with E-state index in [4.69, 9.17) is 4.62 Å². The Morgan fingerprint density at radius 3 is 1.27 bits per heavy atom. The third kappa shape index (κ3) is 2.87. The first-order valence-electron chi connectivity index (χ1n) is 9.37. The Bertz CT molecular complexity index is 1050. The van der Waals surface area contributed by atoms with E-state index < -0.39 is 17.7 Å². The maximum absolute atomic E-state index is 13.9. The molecule has 0 heterocycles. The summed E-state index contributed by atoms with van der Waals surface area (Å²) in [6.45, 7) is -4.33. The number of hydrogen-bond donors (Lipinski definition) is 0. The third-order valence-corrected chi connectivity index (χ3v) is 10.9. The van der Waals surface area contributed by atoms with Crippen molar-refractivity contribution in [2.24, 2.45) is 0 Å². The minimum atomic E-state index is -4.33. The average Bonchev–Trinajstić information content (AvgIpc) is 2.80. The Morgan fingerprint density at radius 2 is 0.933 bits per heavy atom. The average molecular weight is 419 g/mol. The second-order valence-electron chi connectivity index (χ2n) is 6.82. The molecule has 0 amide bonds. The zero-order valence-corrected chi connectivity index (χ0v) is 16.9. The van der Waals surface area contributed by atoms with Crippen LogP contribution >= 0.6 is 6.83 Å². The van der Waals surface area contributed by atoms with Gasteiger partial charge in [-0.15, -0.1) is 0 Å². The van der Waals surface area contributed by atoms with Gasteiger partial charge in [-0.05, 0) is 0 Å². The minimum absolute atomic E-state index is 0.425. The van der Waals surface area contributed by atoms with Crippen molar-refractivity contribution in [1.82, 2.24) is 0 Å². The van der Waals surface area contributed by atoms with Gasteiger partial charge < -0.3 is 0 Å². The summed E-state index contributed by atoms with van der Waals surface area (Å²) in [6.07, 6.45) is 0. The first kappa shape index (κ1) is 19.7. The molecule has 0 unspecified atom stereocenters. The molecule has 4 aromatic rings. The fraction of sp³-hybridized carbons (Fsp3) is 0. The molecule has 4 nitrogen and oxygen atoms in total. The summed E-state index contributed by atoms with van der Waals surface area (Å²) in [4.78, 5) is 12.1. The molecular weight excluding hydrogens is 400 g/mol. The first-order valence-corrected chi connectivity index (χ1v) is 11.5. The number of hydrogen-bond acceptors (Lipinski definition) is 3. The summed E-state index contributed by atoms with van der Waals surface area (Å²) in [5.74, 6) is -0.425. The number of halogens is 1. The van der Waals surface area contributed by atoms with Crippen molar-refractivity contribution >= 4 is 28.0 Å². The molecule has 0 aliphatic heterocycles. The van der Waals surface area contributed by atoms with E-state index in [1.165, 1.54) is 12.1 Å². The van der Waals surface area contributed by atoms with Crippen LogP contribution in [0.3, 0.4) is 0 Å². The number of rotatable bonds is 6. The second-order valence-corrected chi connectivity index (χ2v) is 11.1. The Morgan fingerprint density at radius 1 is 0.600 bits per heavy atom. The molecule has 0 aromatic heterocycles. The molecule has 0 bridgehead atoms. The van der Waals surface area contributed by atoms with Gasteiger partial charge in [-0.3, -0.25) is 0 Å². The van der Waals surface area contributed by atoms with E-state index in [2.05, 4.69) is 0 Å². The molecule has 150 valence electrons. The molecule has 0 saturated heterocycles. The summed E-state index contributed by atoms with van der Waals surface area (Å²) >= 11 is 0. The van der Waals surface area contributed by atoms with Gasteiger partial charge >= 0.3 is 173 Å². The first-order chi connectivity index (χ1) is 14.6. The van der Waals surface area contributed by atoms with E-state index in [0.717, 1.165) is 0 Å². The Kier molecular flexibility index (Phi) is 5.06. The standard InChI is InChI=1S/C24H19FNO3P/c25-20-16-18-24(19-17-20)30(29-26(27)28,21-10-4-1-5-11-21,22-12-6-2-7-13-22)23-14-8-3-9-15-23/h1-19H. The van der Waals surface area contributed by atoms with Gasteiger partial charge in [-0.25, -0.2) is 0 Å². The molecule has 0 atom stereocenters. The second kappa shape index (κ2) is 7.69. The molecule has 30 heavy (non-hydrogen) atoms. The molecular formula is C24H19FNO3P. The van der Waals surface area contributed by atoms with Crippen molar-refractivity contribution in [1.29, 1.82) is 0 Å². The number of benzene rings is 4. The molecule has 0 aliphatic rings. The van der Waals surface area contributed by atoms with Gasteiger partial charge in [0, 0.05) is 0 Å². The zero-order valence-electron chi connectivity index (χ0n) is 16.0. The molecule has 0 saturated carbocycles. The topological polar surface area (TPSA) is 52.4 Å². The summed E-state index contributed by atoms with van der Waals surface area (Å²) in [5.41, 5.74) is 0. The van der Waals surface area contributed by atoms with Crippen molar-refractivity contribution in [3.05, 3.63) is 131 Å². The van der Waals surface area contributed by atoms with Crippen LogP contribution in [0.25, 0.3) is 0 Å². The number of nitrogens with zero attached hydrogens (tertiary/aromatic N) is 1. The normalized spacial score (nSPS) is 12.5. The van der Waals surface area contributed by atoms with Crippen molar-refractivity contribution in [3.8, 4) is 0 Å². The maximum atomic E-state index is 13.9. The van der Waals surface area contributed by atoms with Gasteiger partial charge in [0.05, 0.1) is 0 Å². The molecule has 0 N–H and O–H groups in total. The quantitative estimate of drug-likeness (QED) is 0.269. The molecule has 0 fully saturated rings. The fourth-order valence-electron chi connectivity index (χ4n) is 4.08. The summed E-state index contributed by atoms with van der Waals surface area (Å²) in [7, 11) is 0. The van der Waals surface area contributed by atoms with Crippen LogP contribution in [-0.4, -0.2) is 5.09 Å². The predicted molar refractivity (Wildman–Crippen MR) is 119 cm³/mol. The van der Waals surface area contributed by atoms with Crippen LogP contribution in [0.1, 0.15) is 0 Å². The Labute approximate surface area is 173 Å². The van der Waals surface area contributed by atoms with Gasteiger partial charge in [0.2, 0.25) is 0 Å². The van der Waals surface area contributed by atoms with Gasteiger partial charge in [-0.1, -0.05) is 0 Å². The Hall–Kier alpha value is -3.56. The SMILES string of the molecule is O=[N+]([O-])OP(c1ccccc1)(c1ccccc1)(c1ccccc1)c1ccc(F)cc1. The van der Waals surface area contributed by atoms with Crippen LogP contribution < -0.4 is 21.2 Å². The molecule has 0 aliphatic carbocycles. The van der Waals surface area contributed by atoms with Crippen molar-refractivity contribution in [2.45, 2.75) is 0 Å². The van der Waals surface area contributed by atoms with E-state index in [0.29, 0.717) is 21.2 Å². The van der Waals surface area contributed by atoms with Crippen LogP contribution in [-0.2, 0) is 4.62 Å². The van der Waals surface area contributed by atoms with Gasteiger partial charge in [0.1, 0.15) is 0 Å².